The van der Waals surface area contributed by atoms with Crippen LogP contribution in [0.25, 0.3) is 0 Å². The molecule has 2 N–H and O–H groups in total. The number of benzene rings is 1. The minimum Gasteiger partial charge on any atom is -0.376 e. The summed E-state index contributed by atoms with van der Waals surface area (Å²) >= 11 is 7.23. The van der Waals surface area contributed by atoms with Crippen LogP contribution in [0.4, 0.5) is 10.5 Å². The predicted molar refractivity (Wildman–Crippen MR) is 115 cm³/mol. The molecule has 0 radical (unpaired) electrons. The molecule has 1 aromatic heterocycles. The van der Waals surface area contributed by atoms with Crippen molar-refractivity contribution < 1.29 is 14.3 Å². The maximum absolute atomic E-state index is 12.5. The second-order valence-corrected chi connectivity index (χ2v) is 8.96. The number of nitrogens with one attached hydrogen (secondary N) is 2. The van der Waals surface area contributed by atoms with Crippen molar-refractivity contribution in [3.63, 3.8) is 0 Å². The van der Waals surface area contributed by atoms with E-state index in [9.17, 15) is 9.59 Å². The van der Waals surface area contributed by atoms with Gasteiger partial charge in [0.1, 0.15) is 5.01 Å². The summed E-state index contributed by atoms with van der Waals surface area (Å²) in [6.45, 7) is 2.61. The Morgan fingerprint density at radius 3 is 2.97 bits per heavy atom. The van der Waals surface area contributed by atoms with Crippen molar-refractivity contribution in [1.82, 2.24) is 20.4 Å². The molecule has 2 aliphatic heterocycles. The summed E-state index contributed by atoms with van der Waals surface area (Å²) in [5, 5.41) is 15.7. The van der Waals surface area contributed by atoms with Gasteiger partial charge in [-0.1, -0.05) is 29.0 Å². The third-order valence-corrected chi connectivity index (χ3v) is 6.60. The SMILES string of the molecule is O=C(Nc1cccc(Cl)c1)c1nnc([C@@H]2CCCN(C(=O)NC[C@H]3CCCO3)C2)s1. The quantitative estimate of drug-likeness (QED) is 0.728. The molecule has 2 atom stereocenters. The van der Waals surface area contributed by atoms with E-state index in [0.717, 1.165) is 43.8 Å². The molecule has 2 aliphatic rings. The fourth-order valence-electron chi connectivity index (χ4n) is 3.72. The smallest absolute Gasteiger partial charge is 0.317 e. The number of piperidine rings is 1. The fraction of sp³-hybridized carbons (Fsp3) is 0.500. The van der Waals surface area contributed by atoms with Crippen LogP contribution < -0.4 is 10.6 Å². The lowest BCUT2D eigenvalue weighted by molar-refractivity contribution is 0.102. The van der Waals surface area contributed by atoms with E-state index < -0.39 is 0 Å². The van der Waals surface area contributed by atoms with Crippen LogP contribution in [0, 0.1) is 0 Å². The molecule has 1 aromatic carbocycles. The van der Waals surface area contributed by atoms with E-state index in [1.54, 1.807) is 24.3 Å². The van der Waals surface area contributed by atoms with Gasteiger partial charge in [0.2, 0.25) is 5.01 Å². The summed E-state index contributed by atoms with van der Waals surface area (Å²) in [6, 6.07) is 6.88. The Morgan fingerprint density at radius 1 is 1.27 bits per heavy atom. The molecule has 160 valence electrons. The monoisotopic (exact) mass is 449 g/mol. The van der Waals surface area contributed by atoms with Gasteiger partial charge in [0, 0.05) is 42.9 Å². The highest BCUT2D eigenvalue weighted by molar-refractivity contribution is 7.13. The van der Waals surface area contributed by atoms with E-state index in [1.165, 1.54) is 11.3 Å². The number of carbonyl (C=O) groups is 2. The zero-order chi connectivity index (χ0) is 20.9. The molecule has 2 saturated heterocycles. The first kappa shape index (κ1) is 21.0. The summed E-state index contributed by atoms with van der Waals surface area (Å²) in [6.07, 6.45) is 3.98. The number of likely N-dealkylation sites (tertiary alicyclic amines) is 1. The number of aromatic nitrogens is 2. The average molecular weight is 450 g/mol. The number of carbonyl (C=O) groups excluding carboxylic acids is 2. The Morgan fingerprint density at radius 2 is 2.17 bits per heavy atom. The van der Waals surface area contributed by atoms with Crippen molar-refractivity contribution in [1.29, 1.82) is 0 Å². The highest BCUT2D eigenvalue weighted by atomic mass is 35.5. The number of anilines is 1. The van der Waals surface area contributed by atoms with E-state index in [4.69, 9.17) is 16.3 Å². The summed E-state index contributed by atoms with van der Waals surface area (Å²) in [7, 11) is 0. The molecule has 0 spiro atoms. The van der Waals surface area contributed by atoms with E-state index in [-0.39, 0.29) is 24.0 Å². The van der Waals surface area contributed by atoms with Crippen molar-refractivity contribution in [2.45, 2.75) is 37.7 Å². The molecule has 3 amide bonds. The molecule has 4 rings (SSSR count). The van der Waals surface area contributed by atoms with Crippen molar-refractivity contribution in [2.24, 2.45) is 0 Å². The standard InChI is InChI=1S/C20H24ClN5O3S/c21-14-5-1-6-15(10-14)23-17(27)19-25-24-18(30-19)13-4-2-8-26(12-13)20(28)22-11-16-7-3-9-29-16/h1,5-6,10,13,16H,2-4,7-9,11-12H2,(H,22,28)(H,23,27)/t13-,16-/m1/s1. The molecule has 10 heteroatoms. The number of amides is 3. The van der Waals surface area contributed by atoms with Crippen LogP contribution in [0.5, 0.6) is 0 Å². The number of rotatable bonds is 5. The molecule has 8 nitrogen and oxygen atoms in total. The van der Waals surface area contributed by atoms with Crippen LogP contribution >= 0.6 is 22.9 Å². The lowest BCUT2D eigenvalue weighted by atomic mass is 9.99. The third-order valence-electron chi connectivity index (χ3n) is 5.28. The highest BCUT2D eigenvalue weighted by Gasteiger charge is 2.28. The van der Waals surface area contributed by atoms with Gasteiger partial charge in [-0.3, -0.25) is 4.79 Å². The summed E-state index contributed by atoms with van der Waals surface area (Å²) in [5.41, 5.74) is 0.607. The van der Waals surface area contributed by atoms with Crippen molar-refractivity contribution >= 4 is 40.6 Å². The molecule has 30 heavy (non-hydrogen) atoms. The first-order valence-corrected chi connectivity index (χ1v) is 11.3. The van der Waals surface area contributed by atoms with Crippen LogP contribution in [0.2, 0.25) is 5.02 Å². The minimum absolute atomic E-state index is 0.0707. The van der Waals surface area contributed by atoms with Crippen LogP contribution in [-0.4, -0.2) is 59.4 Å². The van der Waals surface area contributed by atoms with Crippen molar-refractivity contribution in [2.75, 3.05) is 31.6 Å². The Kier molecular flexibility index (Phi) is 6.81. The lowest BCUT2D eigenvalue weighted by Gasteiger charge is -2.31. The molecule has 0 unspecified atom stereocenters. The molecular formula is C20H24ClN5O3S. The van der Waals surface area contributed by atoms with Crippen LogP contribution in [0.3, 0.4) is 0 Å². The Bertz CT molecular complexity index is 902. The van der Waals surface area contributed by atoms with Crippen LogP contribution in [0.15, 0.2) is 24.3 Å². The first-order valence-electron chi connectivity index (χ1n) is 10.1. The van der Waals surface area contributed by atoms with Gasteiger partial charge in [-0.25, -0.2) is 4.79 Å². The van der Waals surface area contributed by atoms with Gasteiger partial charge in [0.15, 0.2) is 0 Å². The number of hydrogen-bond acceptors (Lipinski definition) is 6. The van der Waals surface area contributed by atoms with Gasteiger partial charge in [-0.05, 0) is 43.9 Å². The Labute approximate surface area is 184 Å². The molecule has 2 aromatic rings. The summed E-state index contributed by atoms with van der Waals surface area (Å²) < 4.78 is 5.56. The number of hydrogen-bond donors (Lipinski definition) is 2. The normalized spacial score (nSPS) is 21.4. The average Bonchev–Trinajstić information content (AvgIpc) is 3.44. The zero-order valence-corrected chi connectivity index (χ0v) is 18.0. The van der Waals surface area contributed by atoms with Gasteiger partial charge in [-0.15, -0.1) is 10.2 Å². The lowest BCUT2D eigenvalue weighted by Crippen LogP contribution is -2.46. The molecule has 2 fully saturated rings. The van der Waals surface area contributed by atoms with Crippen LogP contribution in [0.1, 0.15) is 46.4 Å². The fourth-order valence-corrected chi connectivity index (χ4v) is 4.78. The molecule has 3 heterocycles. The largest absolute Gasteiger partial charge is 0.376 e. The zero-order valence-electron chi connectivity index (χ0n) is 16.5. The topological polar surface area (TPSA) is 96.5 Å². The third kappa shape index (κ3) is 5.27. The second-order valence-electron chi connectivity index (χ2n) is 7.52. The number of nitrogens with zero attached hydrogens (tertiary/aromatic N) is 3. The molecule has 0 aliphatic carbocycles. The van der Waals surface area contributed by atoms with E-state index in [1.807, 2.05) is 4.90 Å². The van der Waals surface area contributed by atoms with Gasteiger partial charge < -0.3 is 20.3 Å². The van der Waals surface area contributed by atoms with Gasteiger partial charge in [0.05, 0.1) is 6.10 Å². The summed E-state index contributed by atoms with van der Waals surface area (Å²) in [5.74, 6) is -0.236. The first-order chi connectivity index (χ1) is 14.6. The molecular weight excluding hydrogens is 426 g/mol. The van der Waals surface area contributed by atoms with Crippen LogP contribution in [-0.2, 0) is 4.74 Å². The second kappa shape index (κ2) is 9.72. The minimum atomic E-state index is -0.317. The highest BCUT2D eigenvalue weighted by Crippen LogP contribution is 2.29. The number of halogens is 1. The molecule has 0 saturated carbocycles. The van der Waals surface area contributed by atoms with Gasteiger partial charge in [0.25, 0.3) is 5.91 Å². The Balaban J connectivity index is 1.33. The van der Waals surface area contributed by atoms with E-state index in [0.29, 0.717) is 28.8 Å². The van der Waals surface area contributed by atoms with Crippen molar-refractivity contribution in [3.8, 4) is 0 Å². The Hall–Kier alpha value is -2.23. The predicted octanol–water partition coefficient (Wildman–Crippen LogP) is 3.51. The van der Waals surface area contributed by atoms with Gasteiger partial charge in [-0.2, -0.15) is 0 Å². The maximum Gasteiger partial charge on any atom is 0.317 e. The number of urea groups is 1. The van der Waals surface area contributed by atoms with Gasteiger partial charge >= 0.3 is 6.03 Å². The van der Waals surface area contributed by atoms with E-state index in [2.05, 4.69) is 20.8 Å². The maximum atomic E-state index is 12.5. The number of ether oxygens (including phenoxy) is 1. The van der Waals surface area contributed by atoms with Crippen molar-refractivity contribution in [3.05, 3.63) is 39.3 Å². The van der Waals surface area contributed by atoms with E-state index >= 15 is 0 Å². The summed E-state index contributed by atoms with van der Waals surface area (Å²) in [4.78, 5) is 26.8. The molecule has 0 bridgehead atoms.